The molecule has 27 heavy (non-hydrogen) atoms. The topological polar surface area (TPSA) is 60.5 Å². The average Bonchev–Trinajstić information content (AvgIpc) is 3.29. The number of hydrogen-bond acceptors (Lipinski definition) is 5. The Kier molecular flexibility index (Phi) is 4.96. The lowest BCUT2D eigenvalue weighted by Gasteiger charge is -2.07. The molecule has 0 aliphatic carbocycles. The molecular formula is C19H14ClFN2O3S. The van der Waals surface area contributed by atoms with Gasteiger partial charge in [-0.25, -0.2) is 9.37 Å². The van der Waals surface area contributed by atoms with E-state index in [0.717, 1.165) is 35.1 Å². The molecular weight excluding hydrogens is 391 g/mol. The highest BCUT2D eigenvalue weighted by Crippen LogP contribution is 2.32. The van der Waals surface area contributed by atoms with Gasteiger partial charge in [0.1, 0.15) is 17.3 Å². The molecule has 2 aromatic carbocycles. The van der Waals surface area contributed by atoms with E-state index in [1.807, 2.05) is 17.5 Å². The monoisotopic (exact) mass is 404 g/mol. The number of halogens is 2. The molecule has 8 heteroatoms. The first kappa shape index (κ1) is 17.8. The molecule has 1 aliphatic rings. The van der Waals surface area contributed by atoms with E-state index in [2.05, 4.69) is 16.4 Å². The molecule has 1 amide bonds. The predicted octanol–water partition coefficient (Wildman–Crippen LogP) is 4.56. The minimum atomic E-state index is -0.467. The molecule has 0 fully saturated rings. The zero-order chi connectivity index (χ0) is 18.8. The van der Waals surface area contributed by atoms with Crippen LogP contribution in [0.2, 0.25) is 5.02 Å². The number of ether oxygens (including phenoxy) is 2. The number of fused-ring (bicyclic) bond motifs is 1. The Morgan fingerprint density at radius 1 is 1.33 bits per heavy atom. The van der Waals surface area contributed by atoms with Crippen LogP contribution < -0.4 is 14.8 Å². The number of thiazole rings is 1. The number of amides is 1. The minimum absolute atomic E-state index is 0.111. The maximum atomic E-state index is 13.0. The van der Waals surface area contributed by atoms with E-state index < -0.39 is 5.82 Å². The van der Waals surface area contributed by atoms with Crippen molar-refractivity contribution in [3.63, 3.8) is 0 Å². The molecule has 5 nitrogen and oxygen atoms in total. The van der Waals surface area contributed by atoms with Gasteiger partial charge in [-0.15, -0.1) is 11.3 Å². The second-order valence-corrected chi connectivity index (χ2v) is 7.14. The summed E-state index contributed by atoms with van der Waals surface area (Å²) in [6.45, 7) is 0.450. The molecule has 0 saturated carbocycles. The Balaban J connectivity index is 1.38. The first-order valence-electron chi connectivity index (χ1n) is 8.18. The SMILES string of the molecule is O=C(COc1ccc(F)cc1Cl)Nc1nc(-c2ccc3c(c2)CCO3)cs1. The molecule has 0 radical (unpaired) electrons. The number of hydrogen-bond donors (Lipinski definition) is 1. The fourth-order valence-electron chi connectivity index (χ4n) is 2.70. The first-order valence-corrected chi connectivity index (χ1v) is 9.43. The van der Waals surface area contributed by atoms with Gasteiger partial charge in [0.2, 0.25) is 0 Å². The van der Waals surface area contributed by atoms with Crippen LogP contribution in [0.15, 0.2) is 41.8 Å². The van der Waals surface area contributed by atoms with Gasteiger partial charge in [-0.3, -0.25) is 10.1 Å². The number of aromatic nitrogens is 1. The smallest absolute Gasteiger partial charge is 0.264 e. The van der Waals surface area contributed by atoms with Gasteiger partial charge in [-0.1, -0.05) is 11.6 Å². The Morgan fingerprint density at radius 3 is 3.07 bits per heavy atom. The lowest BCUT2D eigenvalue weighted by molar-refractivity contribution is -0.118. The molecule has 1 aromatic heterocycles. The van der Waals surface area contributed by atoms with Crippen LogP contribution in [0, 0.1) is 5.82 Å². The number of nitrogens with one attached hydrogen (secondary N) is 1. The van der Waals surface area contributed by atoms with Crippen molar-refractivity contribution in [1.82, 2.24) is 4.98 Å². The number of rotatable bonds is 5. The van der Waals surface area contributed by atoms with Crippen LogP contribution in [-0.2, 0) is 11.2 Å². The molecule has 4 rings (SSSR count). The number of nitrogens with zero attached hydrogens (tertiary/aromatic N) is 1. The van der Waals surface area contributed by atoms with Crippen molar-refractivity contribution in [2.24, 2.45) is 0 Å². The van der Waals surface area contributed by atoms with Gasteiger partial charge in [-0.05, 0) is 42.0 Å². The first-order chi connectivity index (χ1) is 13.1. The van der Waals surface area contributed by atoms with E-state index in [1.54, 1.807) is 0 Å². The van der Waals surface area contributed by atoms with Crippen molar-refractivity contribution < 1.29 is 18.7 Å². The summed E-state index contributed by atoms with van der Waals surface area (Å²) in [6.07, 6.45) is 0.889. The van der Waals surface area contributed by atoms with E-state index >= 15 is 0 Å². The Morgan fingerprint density at radius 2 is 2.22 bits per heavy atom. The summed E-state index contributed by atoms with van der Waals surface area (Å²) in [4.78, 5) is 16.5. The van der Waals surface area contributed by atoms with Crippen molar-refractivity contribution in [1.29, 1.82) is 0 Å². The van der Waals surface area contributed by atoms with Crippen molar-refractivity contribution in [2.45, 2.75) is 6.42 Å². The number of benzene rings is 2. The van der Waals surface area contributed by atoms with E-state index in [9.17, 15) is 9.18 Å². The van der Waals surface area contributed by atoms with Crippen LogP contribution in [0.25, 0.3) is 11.3 Å². The average molecular weight is 405 g/mol. The van der Waals surface area contributed by atoms with Gasteiger partial charge >= 0.3 is 0 Å². The van der Waals surface area contributed by atoms with Crippen LogP contribution in [0.5, 0.6) is 11.5 Å². The molecule has 3 aromatic rings. The van der Waals surface area contributed by atoms with Crippen LogP contribution in [0.1, 0.15) is 5.56 Å². The number of carbonyl (C=O) groups excluding carboxylic acids is 1. The van der Waals surface area contributed by atoms with E-state index in [-0.39, 0.29) is 23.3 Å². The van der Waals surface area contributed by atoms with Gasteiger partial charge < -0.3 is 9.47 Å². The normalized spacial score (nSPS) is 12.4. The van der Waals surface area contributed by atoms with Gasteiger partial charge in [0, 0.05) is 17.4 Å². The largest absolute Gasteiger partial charge is 0.493 e. The van der Waals surface area contributed by atoms with E-state index in [4.69, 9.17) is 21.1 Å². The lowest BCUT2D eigenvalue weighted by atomic mass is 10.1. The van der Waals surface area contributed by atoms with Gasteiger partial charge in [0.05, 0.1) is 17.3 Å². The predicted molar refractivity (Wildman–Crippen MR) is 102 cm³/mol. The van der Waals surface area contributed by atoms with Crippen molar-refractivity contribution in [2.75, 3.05) is 18.5 Å². The van der Waals surface area contributed by atoms with Crippen LogP contribution in [0.3, 0.4) is 0 Å². The van der Waals surface area contributed by atoms with Gasteiger partial charge in [-0.2, -0.15) is 0 Å². The number of anilines is 1. The fourth-order valence-corrected chi connectivity index (χ4v) is 3.66. The summed E-state index contributed by atoms with van der Waals surface area (Å²) in [7, 11) is 0. The second kappa shape index (κ2) is 7.54. The molecule has 2 heterocycles. The third-order valence-electron chi connectivity index (χ3n) is 3.99. The van der Waals surface area contributed by atoms with Gasteiger partial charge in [0.15, 0.2) is 11.7 Å². The van der Waals surface area contributed by atoms with E-state index in [0.29, 0.717) is 11.7 Å². The standard InChI is InChI=1S/C19H14ClFN2O3S/c20-14-8-13(21)2-4-17(14)26-9-18(24)23-19-22-15(10-27-19)11-1-3-16-12(7-11)5-6-25-16/h1-4,7-8,10H,5-6,9H2,(H,22,23,24). The zero-order valence-electron chi connectivity index (χ0n) is 14.0. The molecule has 0 saturated heterocycles. The van der Waals surface area contributed by atoms with Crippen molar-refractivity contribution in [3.05, 3.63) is 58.2 Å². The Hall–Kier alpha value is -2.64. The zero-order valence-corrected chi connectivity index (χ0v) is 15.6. The fraction of sp³-hybridized carbons (Fsp3) is 0.158. The highest BCUT2D eigenvalue weighted by atomic mass is 35.5. The number of carbonyl (C=O) groups is 1. The van der Waals surface area contributed by atoms with Crippen LogP contribution in [0.4, 0.5) is 9.52 Å². The molecule has 0 atom stereocenters. The lowest BCUT2D eigenvalue weighted by Crippen LogP contribution is -2.20. The summed E-state index contributed by atoms with van der Waals surface area (Å²) in [5.74, 6) is 0.316. The molecule has 0 unspecified atom stereocenters. The second-order valence-electron chi connectivity index (χ2n) is 5.87. The molecule has 138 valence electrons. The summed E-state index contributed by atoms with van der Waals surface area (Å²) in [5, 5.41) is 5.15. The quantitative estimate of drug-likeness (QED) is 0.677. The molecule has 1 N–H and O–H groups in total. The van der Waals surface area contributed by atoms with Crippen molar-refractivity contribution in [3.8, 4) is 22.8 Å². The summed E-state index contributed by atoms with van der Waals surface area (Å²) >= 11 is 7.20. The maximum Gasteiger partial charge on any atom is 0.264 e. The highest BCUT2D eigenvalue weighted by molar-refractivity contribution is 7.14. The highest BCUT2D eigenvalue weighted by Gasteiger charge is 2.15. The molecule has 1 aliphatic heterocycles. The van der Waals surface area contributed by atoms with Crippen LogP contribution in [-0.4, -0.2) is 24.1 Å². The third kappa shape index (κ3) is 4.04. The van der Waals surface area contributed by atoms with Gasteiger partial charge in [0.25, 0.3) is 5.91 Å². The maximum absolute atomic E-state index is 13.0. The van der Waals surface area contributed by atoms with Crippen molar-refractivity contribution >= 4 is 34.0 Å². The summed E-state index contributed by atoms with van der Waals surface area (Å²) in [5.41, 5.74) is 2.92. The van der Waals surface area contributed by atoms with E-state index in [1.165, 1.54) is 23.5 Å². The van der Waals surface area contributed by atoms with Crippen LogP contribution >= 0.6 is 22.9 Å². The third-order valence-corrected chi connectivity index (χ3v) is 5.04. The summed E-state index contributed by atoms with van der Waals surface area (Å²) in [6, 6.07) is 9.67. The minimum Gasteiger partial charge on any atom is -0.493 e. The Labute approximate surface area is 163 Å². The molecule has 0 spiro atoms. The molecule has 0 bridgehead atoms. The Bertz CT molecular complexity index is 1010. The summed E-state index contributed by atoms with van der Waals surface area (Å²) < 4.78 is 23.8.